The van der Waals surface area contributed by atoms with Crippen LogP contribution < -0.4 is 5.32 Å². The molecule has 1 aliphatic rings. The zero-order valence-electron chi connectivity index (χ0n) is 15.4. The largest absolute Gasteiger partial charge is 0.361 e. The van der Waals surface area contributed by atoms with Gasteiger partial charge in [0.15, 0.2) is 0 Å². The third-order valence-electron chi connectivity index (χ3n) is 5.23. The summed E-state index contributed by atoms with van der Waals surface area (Å²) in [5.74, 6) is -0.0444. The van der Waals surface area contributed by atoms with Gasteiger partial charge in [-0.25, -0.2) is 0 Å². The van der Waals surface area contributed by atoms with Crippen LogP contribution >= 0.6 is 0 Å². The fourth-order valence-electron chi connectivity index (χ4n) is 3.66. The van der Waals surface area contributed by atoms with E-state index < -0.39 is 6.04 Å². The van der Waals surface area contributed by atoms with Crippen molar-refractivity contribution in [2.75, 3.05) is 0 Å². The first kappa shape index (κ1) is 17.3. The van der Waals surface area contributed by atoms with E-state index in [9.17, 15) is 9.59 Å². The molecule has 1 unspecified atom stereocenters. The first-order chi connectivity index (χ1) is 13.1. The topological polar surface area (TPSA) is 65.2 Å². The Morgan fingerprint density at radius 1 is 1.19 bits per heavy atom. The van der Waals surface area contributed by atoms with Gasteiger partial charge in [-0.2, -0.15) is 0 Å². The number of aryl methyl sites for hydroxylation is 1. The minimum atomic E-state index is -0.406. The summed E-state index contributed by atoms with van der Waals surface area (Å²) in [5, 5.41) is 4.08. The maximum absolute atomic E-state index is 12.7. The van der Waals surface area contributed by atoms with Crippen LogP contribution in [0.15, 0.2) is 54.7 Å². The van der Waals surface area contributed by atoms with Gasteiger partial charge >= 0.3 is 0 Å². The summed E-state index contributed by atoms with van der Waals surface area (Å²) >= 11 is 0. The van der Waals surface area contributed by atoms with Gasteiger partial charge in [-0.15, -0.1) is 0 Å². The van der Waals surface area contributed by atoms with Crippen molar-refractivity contribution in [1.29, 1.82) is 0 Å². The summed E-state index contributed by atoms with van der Waals surface area (Å²) in [6.45, 7) is 2.96. The predicted octanol–water partition coefficient (Wildman–Crippen LogP) is 3.28. The molecular formula is C22H23N3O2. The zero-order chi connectivity index (χ0) is 18.8. The molecular weight excluding hydrogens is 338 g/mol. The van der Waals surface area contributed by atoms with Gasteiger partial charge in [0.05, 0.1) is 0 Å². The highest BCUT2D eigenvalue weighted by Gasteiger charge is 2.36. The predicted molar refractivity (Wildman–Crippen MR) is 105 cm³/mol. The van der Waals surface area contributed by atoms with E-state index in [1.54, 1.807) is 4.90 Å². The van der Waals surface area contributed by atoms with Crippen LogP contribution in [0.2, 0.25) is 0 Å². The number of fused-ring (bicyclic) bond motifs is 1. The molecule has 0 saturated carbocycles. The monoisotopic (exact) mass is 361 g/mol. The summed E-state index contributed by atoms with van der Waals surface area (Å²) in [7, 11) is 0. The highest BCUT2D eigenvalue weighted by Crippen LogP contribution is 2.25. The standard InChI is InChI=1S/C22H23N3O2/c1-15-6-8-16(9-7-15)12-24-22(27)20-10-11-21(26)25(20)14-17-13-23-19-5-3-2-4-18(17)19/h2-9,13,20,23H,10-12,14H2,1H3,(H,24,27). The normalized spacial score (nSPS) is 16.9. The Hall–Kier alpha value is -3.08. The highest BCUT2D eigenvalue weighted by molar-refractivity contribution is 5.91. The number of rotatable bonds is 5. The average molecular weight is 361 g/mol. The number of likely N-dealkylation sites (tertiary alicyclic amines) is 1. The molecule has 0 aliphatic carbocycles. The summed E-state index contributed by atoms with van der Waals surface area (Å²) in [4.78, 5) is 30.1. The Morgan fingerprint density at radius 3 is 2.78 bits per heavy atom. The van der Waals surface area contributed by atoms with Crippen LogP contribution in [-0.4, -0.2) is 27.7 Å². The lowest BCUT2D eigenvalue weighted by Crippen LogP contribution is -2.44. The molecule has 1 saturated heterocycles. The van der Waals surface area contributed by atoms with Crippen molar-refractivity contribution in [2.45, 2.75) is 38.9 Å². The highest BCUT2D eigenvalue weighted by atomic mass is 16.2. The van der Waals surface area contributed by atoms with Crippen LogP contribution in [0.3, 0.4) is 0 Å². The molecule has 27 heavy (non-hydrogen) atoms. The van der Waals surface area contributed by atoms with E-state index in [0.29, 0.717) is 25.9 Å². The number of H-pyrrole nitrogens is 1. The number of amides is 2. The lowest BCUT2D eigenvalue weighted by atomic mass is 10.1. The van der Waals surface area contributed by atoms with Crippen molar-refractivity contribution in [3.63, 3.8) is 0 Å². The molecule has 5 heteroatoms. The number of aromatic nitrogens is 1. The van der Waals surface area contributed by atoms with Crippen molar-refractivity contribution >= 4 is 22.7 Å². The minimum absolute atomic E-state index is 0.0377. The maximum atomic E-state index is 12.7. The Labute approximate surface area is 158 Å². The van der Waals surface area contributed by atoms with Crippen LogP contribution in [0.5, 0.6) is 0 Å². The molecule has 1 atom stereocenters. The van der Waals surface area contributed by atoms with E-state index in [0.717, 1.165) is 22.0 Å². The van der Waals surface area contributed by atoms with Crippen LogP contribution in [-0.2, 0) is 22.7 Å². The first-order valence-corrected chi connectivity index (χ1v) is 9.29. The second-order valence-electron chi connectivity index (χ2n) is 7.14. The average Bonchev–Trinajstić information content (AvgIpc) is 3.26. The number of hydrogen-bond acceptors (Lipinski definition) is 2. The second-order valence-corrected chi connectivity index (χ2v) is 7.14. The molecule has 2 amide bonds. The van der Waals surface area contributed by atoms with E-state index in [1.165, 1.54) is 5.56 Å². The second kappa shape index (κ2) is 7.27. The molecule has 0 radical (unpaired) electrons. The Balaban J connectivity index is 1.46. The van der Waals surface area contributed by atoms with Gasteiger partial charge in [0.25, 0.3) is 0 Å². The number of carbonyl (C=O) groups is 2. The number of nitrogens with one attached hydrogen (secondary N) is 2. The van der Waals surface area contributed by atoms with Gasteiger partial charge in [-0.3, -0.25) is 9.59 Å². The van der Waals surface area contributed by atoms with Crippen molar-refractivity contribution in [2.24, 2.45) is 0 Å². The molecule has 1 fully saturated rings. The molecule has 1 aliphatic heterocycles. The summed E-state index contributed by atoms with van der Waals surface area (Å²) in [6.07, 6.45) is 2.92. The molecule has 2 aromatic carbocycles. The Morgan fingerprint density at radius 2 is 1.96 bits per heavy atom. The molecule has 1 aromatic heterocycles. The summed E-state index contributed by atoms with van der Waals surface area (Å²) < 4.78 is 0. The number of para-hydroxylation sites is 1. The quantitative estimate of drug-likeness (QED) is 0.732. The van der Waals surface area contributed by atoms with E-state index in [-0.39, 0.29) is 11.8 Å². The number of benzene rings is 2. The van der Waals surface area contributed by atoms with E-state index in [4.69, 9.17) is 0 Å². The third-order valence-corrected chi connectivity index (χ3v) is 5.23. The van der Waals surface area contributed by atoms with Gasteiger partial charge in [0, 0.05) is 36.6 Å². The SMILES string of the molecule is Cc1ccc(CNC(=O)C2CCC(=O)N2Cc2c[nH]c3ccccc23)cc1. The maximum Gasteiger partial charge on any atom is 0.243 e. The van der Waals surface area contributed by atoms with Gasteiger partial charge in [-0.1, -0.05) is 48.0 Å². The number of nitrogens with zero attached hydrogens (tertiary/aromatic N) is 1. The summed E-state index contributed by atoms with van der Waals surface area (Å²) in [5.41, 5.74) is 4.33. The number of carbonyl (C=O) groups excluding carboxylic acids is 2. The smallest absolute Gasteiger partial charge is 0.243 e. The van der Waals surface area contributed by atoms with E-state index in [1.807, 2.05) is 61.7 Å². The van der Waals surface area contributed by atoms with Crippen LogP contribution in [0, 0.1) is 6.92 Å². The fourth-order valence-corrected chi connectivity index (χ4v) is 3.66. The van der Waals surface area contributed by atoms with Crippen LogP contribution in [0.25, 0.3) is 10.9 Å². The van der Waals surface area contributed by atoms with Gasteiger partial charge in [-0.05, 0) is 30.5 Å². The van der Waals surface area contributed by atoms with Crippen molar-refractivity contribution in [3.05, 3.63) is 71.4 Å². The molecule has 0 spiro atoms. The lowest BCUT2D eigenvalue weighted by molar-refractivity contribution is -0.135. The van der Waals surface area contributed by atoms with Gasteiger partial charge in [0.1, 0.15) is 6.04 Å². The third kappa shape index (κ3) is 3.58. The molecule has 138 valence electrons. The molecule has 5 nitrogen and oxygen atoms in total. The lowest BCUT2D eigenvalue weighted by Gasteiger charge is -2.24. The molecule has 3 aromatic rings. The minimum Gasteiger partial charge on any atom is -0.361 e. The first-order valence-electron chi connectivity index (χ1n) is 9.29. The number of hydrogen-bond donors (Lipinski definition) is 2. The Bertz CT molecular complexity index is 975. The van der Waals surface area contributed by atoms with Crippen molar-refractivity contribution < 1.29 is 9.59 Å². The molecule has 2 N–H and O–H groups in total. The van der Waals surface area contributed by atoms with Gasteiger partial charge in [0.2, 0.25) is 11.8 Å². The molecule has 0 bridgehead atoms. The van der Waals surface area contributed by atoms with E-state index in [2.05, 4.69) is 10.3 Å². The van der Waals surface area contributed by atoms with Crippen LogP contribution in [0.1, 0.15) is 29.5 Å². The van der Waals surface area contributed by atoms with Gasteiger partial charge < -0.3 is 15.2 Å². The van der Waals surface area contributed by atoms with Crippen molar-refractivity contribution in [3.8, 4) is 0 Å². The fraction of sp³-hybridized carbons (Fsp3) is 0.273. The van der Waals surface area contributed by atoms with E-state index >= 15 is 0 Å². The summed E-state index contributed by atoms with van der Waals surface area (Å²) in [6, 6.07) is 15.7. The molecule has 2 heterocycles. The Kier molecular flexibility index (Phi) is 4.67. The number of aromatic amines is 1. The zero-order valence-corrected chi connectivity index (χ0v) is 15.4. The molecule has 4 rings (SSSR count). The van der Waals surface area contributed by atoms with Crippen LogP contribution in [0.4, 0.5) is 0 Å². The van der Waals surface area contributed by atoms with Crippen molar-refractivity contribution in [1.82, 2.24) is 15.2 Å².